The summed E-state index contributed by atoms with van der Waals surface area (Å²) in [6.07, 6.45) is 9.73. The van der Waals surface area contributed by atoms with E-state index in [2.05, 4.69) is 25.7 Å². The van der Waals surface area contributed by atoms with E-state index in [0.29, 0.717) is 0 Å². The third-order valence-corrected chi connectivity index (χ3v) is 0.940. The molecule has 0 atom stereocenters. The van der Waals surface area contributed by atoms with E-state index in [9.17, 15) is 0 Å². The van der Waals surface area contributed by atoms with Crippen LogP contribution in [0.2, 0.25) is 0 Å². The van der Waals surface area contributed by atoms with E-state index in [1.165, 1.54) is 0 Å². The van der Waals surface area contributed by atoms with Gasteiger partial charge in [-0.3, -0.25) is 0 Å². The molecule has 0 rings (SSSR count). The summed E-state index contributed by atoms with van der Waals surface area (Å²) in [6, 6.07) is 0. The van der Waals surface area contributed by atoms with Crippen LogP contribution in [0.5, 0.6) is 0 Å². The topological polar surface area (TPSA) is 0 Å². The summed E-state index contributed by atoms with van der Waals surface area (Å²) in [6.45, 7) is 5.77. The maximum atomic E-state index is 4.97. The molecule has 0 radical (unpaired) electrons. The number of halogens is 3. The zero-order chi connectivity index (χ0) is 9.82. The van der Waals surface area contributed by atoms with E-state index in [4.69, 9.17) is 28.8 Å². The average molecular weight is 409 g/mol. The molecule has 0 aliphatic rings. The van der Waals surface area contributed by atoms with Crippen molar-refractivity contribution in [3.63, 3.8) is 0 Å². The minimum absolute atomic E-state index is 1.11. The Kier molecular flexibility index (Phi) is 18.7. The average Bonchev–Trinajstić information content (AvgIpc) is 1.97. The maximum absolute atomic E-state index is 4.97. The Morgan fingerprint density at radius 2 is 1.67 bits per heavy atom. The molecule has 0 amide bonds. The van der Waals surface area contributed by atoms with Gasteiger partial charge in [0.15, 0.2) is 0 Å². The molecule has 0 bridgehead atoms. The molecular formula is C8H14Cl3Ir. The van der Waals surface area contributed by atoms with Crippen LogP contribution in [0.3, 0.4) is 0 Å². The molecular weight excluding hydrogens is 395 g/mol. The summed E-state index contributed by atoms with van der Waals surface area (Å²) in [5, 5.41) is 0. The SMILES string of the molecule is C=CCCC=CCC.[Cl][Ir]([Cl])[Cl]. The van der Waals surface area contributed by atoms with Crippen LogP contribution in [0.25, 0.3) is 0 Å². The quantitative estimate of drug-likeness (QED) is 0.454. The van der Waals surface area contributed by atoms with E-state index >= 15 is 0 Å². The molecule has 0 N–H and O–H groups in total. The second-order valence-electron chi connectivity index (χ2n) is 1.89. The van der Waals surface area contributed by atoms with Crippen LogP contribution in [0.1, 0.15) is 26.2 Å². The summed E-state index contributed by atoms with van der Waals surface area (Å²) in [7, 11) is 14.9. The molecule has 12 heavy (non-hydrogen) atoms. The predicted octanol–water partition coefficient (Wildman–Crippen LogP) is 4.98. The second kappa shape index (κ2) is 14.5. The third kappa shape index (κ3) is 30.6. The molecule has 0 unspecified atom stereocenters. The first-order valence-corrected chi connectivity index (χ1v) is 12.5. The molecule has 0 spiro atoms. The normalized spacial score (nSPS) is 10.5. The molecule has 76 valence electrons. The number of rotatable bonds is 4. The van der Waals surface area contributed by atoms with Gasteiger partial charge in [0, 0.05) is 0 Å². The Hall–Kier alpha value is 0.999. The predicted molar refractivity (Wildman–Crippen MR) is 56.4 cm³/mol. The molecule has 0 heterocycles. The molecule has 0 aliphatic heterocycles. The van der Waals surface area contributed by atoms with Crippen molar-refractivity contribution < 1.29 is 13.5 Å². The van der Waals surface area contributed by atoms with Gasteiger partial charge in [0.2, 0.25) is 0 Å². The molecule has 0 aromatic carbocycles. The van der Waals surface area contributed by atoms with Crippen molar-refractivity contribution in [2.45, 2.75) is 26.2 Å². The van der Waals surface area contributed by atoms with E-state index in [-0.39, 0.29) is 0 Å². The molecule has 0 aliphatic carbocycles. The van der Waals surface area contributed by atoms with Crippen molar-refractivity contribution in [3.05, 3.63) is 24.8 Å². The van der Waals surface area contributed by atoms with Crippen molar-refractivity contribution in [2.75, 3.05) is 0 Å². The first kappa shape index (κ1) is 15.5. The van der Waals surface area contributed by atoms with E-state index in [1.54, 1.807) is 0 Å². The van der Waals surface area contributed by atoms with Crippen LogP contribution in [0.15, 0.2) is 24.8 Å². The fourth-order valence-electron chi connectivity index (χ4n) is 0.499. The molecule has 4 heteroatoms. The standard InChI is InChI=1S/C8H14.3ClH.Ir/c1-3-5-7-8-6-4-2;;;;/h3,6,8H,1,4-5,7H2,2H3;3*1H;/q;;;;+3/p-3. The van der Waals surface area contributed by atoms with Gasteiger partial charge in [-0.05, 0) is 19.3 Å². The van der Waals surface area contributed by atoms with Gasteiger partial charge in [-0.25, -0.2) is 0 Å². The second-order valence-corrected chi connectivity index (χ2v) is 12.3. The van der Waals surface area contributed by atoms with Crippen molar-refractivity contribution in [3.8, 4) is 0 Å². The third-order valence-electron chi connectivity index (χ3n) is 0.940. The van der Waals surface area contributed by atoms with Gasteiger partial charge in [-0.2, -0.15) is 0 Å². The summed E-state index contributed by atoms with van der Waals surface area (Å²) in [5.74, 6) is 0. The van der Waals surface area contributed by atoms with Crippen LogP contribution >= 0.6 is 28.8 Å². The summed E-state index contributed by atoms with van der Waals surface area (Å²) < 4.78 is 0. The number of hydrogen-bond donors (Lipinski definition) is 0. The van der Waals surface area contributed by atoms with Crippen LogP contribution in [-0.4, -0.2) is 0 Å². The first-order valence-electron chi connectivity index (χ1n) is 3.55. The van der Waals surface area contributed by atoms with Gasteiger partial charge in [-0.1, -0.05) is 25.2 Å². The van der Waals surface area contributed by atoms with Crippen LogP contribution < -0.4 is 0 Å². The van der Waals surface area contributed by atoms with Crippen molar-refractivity contribution in [1.29, 1.82) is 0 Å². The number of allylic oxidation sites excluding steroid dienone is 3. The fraction of sp³-hybridized carbons (Fsp3) is 0.500. The molecule has 0 saturated heterocycles. The summed E-state index contributed by atoms with van der Waals surface area (Å²) in [4.78, 5) is 0. The zero-order valence-corrected chi connectivity index (χ0v) is 11.7. The van der Waals surface area contributed by atoms with E-state index in [0.717, 1.165) is 19.3 Å². The van der Waals surface area contributed by atoms with Crippen molar-refractivity contribution in [1.82, 2.24) is 0 Å². The van der Waals surface area contributed by atoms with Crippen LogP contribution in [0, 0.1) is 0 Å². The first-order chi connectivity index (χ1) is 5.65. The zero-order valence-electron chi connectivity index (χ0n) is 7.03. The van der Waals surface area contributed by atoms with Gasteiger partial charge in [0.25, 0.3) is 0 Å². The minimum atomic E-state index is -1.92. The van der Waals surface area contributed by atoms with Gasteiger partial charge in [-0.15, -0.1) is 6.58 Å². The number of hydrogen-bond acceptors (Lipinski definition) is 0. The van der Waals surface area contributed by atoms with Crippen molar-refractivity contribution >= 4 is 28.8 Å². The fourth-order valence-corrected chi connectivity index (χ4v) is 0.499. The molecule has 0 aromatic rings. The molecule has 0 nitrogen and oxygen atoms in total. The Labute approximate surface area is 92.7 Å². The van der Waals surface area contributed by atoms with Gasteiger partial charge in [0.1, 0.15) is 0 Å². The molecule has 0 saturated carbocycles. The summed E-state index contributed by atoms with van der Waals surface area (Å²) in [5.41, 5.74) is 0. The molecule has 0 fully saturated rings. The Morgan fingerprint density at radius 1 is 1.17 bits per heavy atom. The van der Waals surface area contributed by atoms with Gasteiger partial charge >= 0.3 is 42.2 Å². The van der Waals surface area contributed by atoms with Crippen LogP contribution in [0.4, 0.5) is 0 Å². The van der Waals surface area contributed by atoms with E-state index in [1.807, 2.05) is 6.08 Å². The Balaban J connectivity index is 0. The van der Waals surface area contributed by atoms with E-state index < -0.39 is 13.5 Å². The van der Waals surface area contributed by atoms with Gasteiger partial charge in [0.05, 0.1) is 0 Å². The Morgan fingerprint density at radius 3 is 2.00 bits per heavy atom. The summed E-state index contributed by atoms with van der Waals surface area (Å²) >= 11 is -1.92. The Bertz CT molecular complexity index is 110. The van der Waals surface area contributed by atoms with Crippen molar-refractivity contribution in [2.24, 2.45) is 0 Å². The monoisotopic (exact) mass is 408 g/mol. The van der Waals surface area contributed by atoms with Crippen LogP contribution in [-0.2, 0) is 13.5 Å². The molecule has 0 aromatic heterocycles. The number of unbranched alkanes of at least 4 members (excludes halogenated alkanes) is 1. The van der Waals surface area contributed by atoms with Gasteiger partial charge < -0.3 is 0 Å².